The Morgan fingerprint density at radius 3 is 2.20 bits per heavy atom. The molecule has 0 aromatic heterocycles. The van der Waals surface area contributed by atoms with Gasteiger partial charge in [-0.05, 0) is 42.1 Å². The standard InChI is InChI=1S/C17H19F2N/c1-2-12-3-5-13(6-4-12)9-14(11-20)16-8-7-15(18)10-17(16)19/h3-8,10,14H,2,9,11,20H2,1H3. The first kappa shape index (κ1) is 14.7. The first-order chi connectivity index (χ1) is 9.63. The smallest absolute Gasteiger partial charge is 0.129 e. The van der Waals surface area contributed by atoms with Gasteiger partial charge in [-0.15, -0.1) is 0 Å². The third kappa shape index (κ3) is 3.42. The summed E-state index contributed by atoms with van der Waals surface area (Å²) in [6.45, 7) is 2.43. The van der Waals surface area contributed by atoms with Crippen molar-refractivity contribution in [2.45, 2.75) is 25.7 Å². The molecule has 1 nitrogen and oxygen atoms in total. The zero-order valence-corrected chi connectivity index (χ0v) is 11.6. The van der Waals surface area contributed by atoms with Crippen LogP contribution in [0.2, 0.25) is 0 Å². The third-order valence-electron chi connectivity index (χ3n) is 3.60. The van der Waals surface area contributed by atoms with Crippen molar-refractivity contribution in [1.29, 1.82) is 0 Å². The maximum atomic E-state index is 13.8. The minimum Gasteiger partial charge on any atom is -0.330 e. The molecule has 1 atom stereocenters. The number of hydrogen-bond donors (Lipinski definition) is 1. The molecule has 0 fully saturated rings. The Bertz CT molecular complexity index is 564. The van der Waals surface area contributed by atoms with Gasteiger partial charge in [0, 0.05) is 12.0 Å². The van der Waals surface area contributed by atoms with E-state index in [0.29, 0.717) is 18.5 Å². The van der Waals surface area contributed by atoms with Crippen LogP contribution in [0.3, 0.4) is 0 Å². The van der Waals surface area contributed by atoms with Crippen LogP contribution in [0.4, 0.5) is 8.78 Å². The lowest BCUT2D eigenvalue weighted by atomic mass is 9.91. The van der Waals surface area contributed by atoms with E-state index in [4.69, 9.17) is 5.73 Å². The SMILES string of the molecule is CCc1ccc(CC(CN)c2ccc(F)cc2F)cc1. The molecule has 0 heterocycles. The molecular formula is C17H19F2N. The van der Waals surface area contributed by atoms with Gasteiger partial charge in [0.2, 0.25) is 0 Å². The monoisotopic (exact) mass is 275 g/mol. The molecule has 0 aliphatic heterocycles. The molecule has 0 saturated heterocycles. The Hall–Kier alpha value is -1.74. The summed E-state index contributed by atoms with van der Waals surface area (Å²) in [7, 11) is 0. The van der Waals surface area contributed by atoms with E-state index in [1.807, 2.05) is 12.1 Å². The van der Waals surface area contributed by atoms with Crippen LogP contribution in [0, 0.1) is 11.6 Å². The number of halogens is 2. The van der Waals surface area contributed by atoms with Crippen molar-refractivity contribution in [2.75, 3.05) is 6.54 Å². The molecule has 2 N–H and O–H groups in total. The van der Waals surface area contributed by atoms with E-state index in [9.17, 15) is 8.78 Å². The zero-order chi connectivity index (χ0) is 14.5. The van der Waals surface area contributed by atoms with Crippen LogP contribution >= 0.6 is 0 Å². The summed E-state index contributed by atoms with van der Waals surface area (Å²) in [6, 6.07) is 11.9. The van der Waals surface area contributed by atoms with Crippen molar-refractivity contribution in [3.05, 3.63) is 70.8 Å². The number of rotatable bonds is 5. The molecule has 0 bridgehead atoms. The van der Waals surface area contributed by atoms with Gasteiger partial charge in [-0.1, -0.05) is 37.3 Å². The van der Waals surface area contributed by atoms with Crippen LogP contribution in [0.1, 0.15) is 29.5 Å². The van der Waals surface area contributed by atoms with Gasteiger partial charge < -0.3 is 5.73 Å². The van der Waals surface area contributed by atoms with Gasteiger partial charge >= 0.3 is 0 Å². The highest BCUT2D eigenvalue weighted by molar-refractivity contribution is 5.28. The summed E-state index contributed by atoms with van der Waals surface area (Å²) in [5.74, 6) is -1.22. The summed E-state index contributed by atoms with van der Waals surface area (Å²) < 4.78 is 26.8. The topological polar surface area (TPSA) is 26.0 Å². The Kier molecular flexibility index (Phi) is 4.85. The highest BCUT2D eigenvalue weighted by Gasteiger charge is 2.15. The van der Waals surface area contributed by atoms with E-state index in [-0.39, 0.29) is 5.92 Å². The lowest BCUT2D eigenvalue weighted by Gasteiger charge is -2.16. The molecule has 0 aliphatic carbocycles. The summed E-state index contributed by atoms with van der Waals surface area (Å²) in [6.07, 6.45) is 1.65. The fourth-order valence-electron chi connectivity index (χ4n) is 2.35. The van der Waals surface area contributed by atoms with Gasteiger partial charge in [0.05, 0.1) is 0 Å². The molecule has 2 rings (SSSR count). The Labute approximate surface area is 118 Å². The van der Waals surface area contributed by atoms with Crippen LogP contribution < -0.4 is 5.73 Å². The van der Waals surface area contributed by atoms with Gasteiger partial charge in [0.25, 0.3) is 0 Å². The predicted octanol–water partition coefficient (Wildman–Crippen LogP) is 3.81. The molecule has 0 amide bonds. The zero-order valence-electron chi connectivity index (χ0n) is 11.6. The Morgan fingerprint density at radius 1 is 1.00 bits per heavy atom. The fourth-order valence-corrected chi connectivity index (χ4v) is 2.35. The second-order valence-electron chi connectivity index (χ2n) is 4.97. The van der Waals surface area contributed by atoms with E-state index in [2.05, 4.69) is 19.1 Å². The van der Waals surface area contributed by atoms with Gasteiger partial charge in [0.1, 0.15) is 11.6 Å². The fraction of sp³-hybridized carbons (Fsp3) is 0.294. The van der Waals surface area contributed by atoms with Crippen molar-refractivity contribution >= 4 is 0 Å². The van der Waals surface area contributed by atoms with Crippen LogP contribution in [0.5, 0.6) is 0 Å². The largest absolute Gasteiger partial charge is 0.330 e. The minimum absolute atomic E-state index is 0.136. The normalized spacial score (nSPS) is 12.4. The number of benzene rings is 2. The quantitative estimate of drug-likeness (QED) is 0.882. The first-order valence-corrected chi connectivity index (χ1v) is 6.86. The molecule has 0 aliphatic rings. The molecule has 2 aromatic rings. The van der Waals surface area contributed by atoms with E-state index in [0.717, 1.165) is 18.1 Å². The van der Waals surface area contributed by atoms with Crippen molar-refractivity contribution in [2.24, 2.45) is 5.73 Å². The maximum Gasteiger partial charge on any atom is 0.129 e. The molecule has 3 heteroatoms. The summed E-state index contributed by atoms with van der Waals surface area (Å²) in [5, 5.41) is 0. The van der Waals surface area contributed by atoms with Crippen LogP contribution in [-0.4, -0.2) is 6.54 Å². The second-order valence-corrected chi connectivity index (χ2v) is 4.97. The Morgan fingerprint density at radius 2 is 1.65 bits per heavy atom. The van der Waals surface area contributed by atoms with Crippen molar-refractivity contribution in [1.82, 2.24) is 0 Å². The lowest BCUT2D eigenvalue weighted by molar-refractivity contribution is 0.551. The van der Waals surface area contributed by atoms with E-state index < -0.39 is 11.6 Å². The Balaban J connectivity index is 2.19. The molecule has 1 unspecified atom stereocenters. The molecule has 2 aromatic carbocycles. The average Bonchev–Trinajstić information content (AvgIpc) is 2.46. The number of hydrogen-bond acceptors (Lipinski definition) is 1. The molecule has 106 valence electrons. The first-order valence-electron chi connectivity index (χ1n) is 6.86. The van der Waals surface area contributed by atoms with Crippen molar-refractivity contribution < 1.29 is 8.78 Å². The highest BCUT2D eigenvalue weighted by atomic mass is 19.1. The van der Waals surface area contributed by atoms with E-state index in [1.54, 1.807) is 0 Å². The molecular weight excluding hydrogens is 256 g/mol. The predicted molar refractivity (Wildman–Crippen MR) is 77.7 cm³/mol. The van der Waals surface area contributed by atoms with Crippen molar-refractivity contribution in [3.63, 3.8) is 0 Å². The van der Waals surface area contributed by atoms with Gasteiger partial charge in [-0.2, -0.15) is 0 Å². The molecule has 0 radical (unpaired) electrons. The second kappa shape index (κ2) is 6.62. The third-order valence-corrected chi connectivity index (χ3v) is 3.60. The van der Waals surface area contributed by atoms with Gasteiger partial charge in [-0.3, -0.25) is 0 Å². The van der Waals surface area contributed by atoms with E-state index >= 15 is 0 Å². The average molecular weight is 275 g/mol. The summed E-state index contributed by atoms with van der Waals surface area (Å²) in [5.41, 5.74) is 8.62. The van der Waals surface area contributed by atoms with Gasteiger partial charge in [-0.25, -0.2) is 8.78 Å². The summed E-state index contributed by atoms with van der Waals surface area (Å²) in [4.78, 5) is 0. The van der Waals surface area contributed by atoms with Gasteiger partial charge in [0.15, 0.2) is 0 Å². The molecule has 20 heavy (non-hydrogen) atoms. The highest BCUT2D eigenvalue weighted by Crippen LogP contribution is 2.23. The number of nitrogens with two attached hydrogens (primary N) is 1. The molecule has 0 spiro atoms. The number of aryl methyl sites for hydroxylation is 1. The minimum atomic E-state index is -0.561. The van der Waals surface area contributed by atoms with Crippen molar-refractivity contribution in [3.8, 4) is 0 Å². The van der Waals surface area contributed by atoms with Crippen LogP contribution in [-0.2, 0) is 12.8 Å². The summed E-state index contributed by atoms with van der Waals surface area (Å²) >= 11 is 0. The van der Waals surface area contributed by atoms with E-state index in [1.165, 1.54) is 17.7 Å². The van der Waals surface area contributed by atoms with Crippen LogP contribution in [0.15, 0.2) is 42.5 Å². The maximum absolute atomic E-state index is 13.8. The van der Waals surface area contributed by atoms with Crippen LogP contribution in [0.25, 0.3) is 0 Å². The molecule has 0 saturated carbocycles. The lowest BCUT2D eigenvalue weighted by Crippen LogP contribution is -2.16.